The molecular formula is C11H17N3. The average molecular weight is 191 g/mol. The van der Waals surface area contributed by atoms with Crippen LogP contribution in [0.15, 0.2) is 29.4 Å². The second kappa shape index (κ2) is 5.37. The number of nitrogens with two attached hydrogens (primary N) is 1. The molecule has 14 heavy (non-hydrogen) atoms. The fourth-order valence-electron chi connectivity index (χ4n) is 1.26. The molecule has 0 bridgehead atoms. The van der Waals surface area contributed by atoms with Crippen molar-refractivity contribution < 1.29 is 0 Å². The second-order valence-electron chi connectivity index (χ2n) is 3.30. The molecule has 76 valence electrons. The molecule has 0 spiro atoms. The van der Waals surface area contributed by atoms with Gasteiger partial charge in [0.05, 0.1) is 17.6 Å². The summed E-state index contributed by atoms with van der Waals surface area (Å²) in [7, 11) is 0. The zero-order chi connectivity index (χ0) is 10.4. The van der Waals surface area contributed by atoms with Crippen molar-refractivity contribution >= 4 is 5.84 Å². The van der Waals surface area contributed by atoms with E-state index >= 15 is 0 Å². The number of pyridine rings is 1. The summed E-state index contributed by atoms with van der Waals surface area (Å²) in [5.74, 6) is 0.714. The highest BCUT2D eigenvalue weighted by molar-refractivity contribution is 5.80. The van der Waals surface area contributed by atoms with Crippen molar-refractivity contribution in [1.82, 2.24) is 4.98 Å². The zero-order valence-corrected chi connectivity index (χ0v) is 8.77. The van der Waals surface area contributed by atoms with Crippen LogP contribution < -0.4 is 5.73 Å². The van der Waals surface area contributed by atoms with Gasteiger partial charge in [0.1, 0.15) is 0 Å². The molecule has 1 aromatic heterocycles. The Morgan fingerprint density at radius 2 is 2.36 bits per heavy atom. The van der Waals surface area contributed by atoms with Gasteiger partial charge in [0.25, 0.3) is 0 Å². The topological polar surface area (TPSA) is 51.3 Å². The Bertz CT molecular complexity index is 293. The molecule has 0 amide bonds. The summed E-state index contributed by atoms with van der Waals surface area (Å²) < 4.78 is 0. The van der Waals surface area contributed by atoms with Gasteiger partial charge >= 0.3 is 0 Å². The smallest absolute Gasteiger partial charge is 0.0945 e. The van der Waals surface area contributed by atoms with Gasteiger partial charge in [0.15, 0.2) is 0 Å². The van der Waals surface area contributed by atoms with Crippen LogP contribution in [0.4, 0.5) is 0 Å². The molecule has 0 saturated carbocycles. The number of nitrogens with zero attached hydrogens (tertiary/aromatic N) is 2. The van der Waals surface area contributed by atoms with Crippen LogP contribution in [0.1, 0.15) is 38.4 Å². The first-order chi connectivity index (χ1) is 6.74. The van der Waals surface area contributed by atoms with Crippen molar-refractivity contribution in [2.75, 3.05) is 0 Å². The Hall–Kier alpha value is -1.38. The lowest BCUT2D eigenvalue weighted by Gasteiger charge is -2.06. The quantitative estimate of drug-likeness (QED) is 0.586. The molecule has 0 radical (unpaired) electrons. The van der Waals surface area contributed by atoms with Gasteiger partial charge in [-0.1, -0.05) is 13.0 Å². The van der Waals surface area contributed by atoms with Crippen LogP contribution in [0, 0.1) is 0 Å². The van der Waals surface area contributed by atoms with E-state index in [4.69, 9.17) is 5.73 Å². The highest BCUT2D eigenvalue weighted by Crippen LogP contribution is 2.13. The van der Waals surface area contributed by atoms with Gasteiger partial charge in [-0.15, -0.1) is 0 Å². The normalized spacial score (nSPS) is 14.0. The Labute approximate surface area is 85.1 Å². The lowest BCUT2D eigenvalue weighted by Crippen LogP contribution is -2.12. The van der Waals surface area contributed by atoms with Crippen LogP contribution in [0.25, 0.3) is 0 Å². The maximum atomic E-state index is 5.74. The predicted molar refractivity (Wildman–Crippen MR) is 59.2 cm³/mol. The highest BCUT2D eigenvalue weighted by atomic mass is 14.9. The van der Waals surface area contributed by atoms with E-state index in [2.05, 4.69) is 16.9 Å². The van der Waals surface area contributed by atoms with Gasteiger partial charge in [0, 0.05) is 12.6 Å². The third kappa shape index (κ3) is 3.17. The van der Waals surface area contributed by atoms with Crippen molar-refractivity contribution in [2.24, 2.45) is 10.7 Å². The number of hydrogen-bond acceptors (Lipinski definition) is 2. The lowest BCUT2D eigenvalue weighted by atomic mass is 10.2. The van der Waals surface area contributed by atoms with Crippen molar-refractivity contribution in [3.8, 4) is 0 Å². The van der Waals surface area contributed by atoms with Gasteiger partial charge in [-0.3, -0.25) is 9.98 Å². The van der Waals surface area contributed by atoms with Gasteiger partial charge in [-0.2, -0.15) is 0 Å². The molecule has 1 atom stereocenters. The first kappa shape index (κ1) is 10.7. The maximum Gasteiger partial charge on any atom is 0.0945 e. The summed E-state index contributed by atoms with van der Waals surface area (Å²) in [5.41, 5.74) is 6.71. The molecule has 1 aromatic rings. The SMILES string of the molecule is CCCC(N)=NC(C)c1ccccn1. The highest BCUT2D eigenvalue weighted by Gasteiger charge is 2.03. The molecule has 1 heterocycles. The monoisotopic (exact) mass is 191 g/mol. The lowest BCUT2D eigenvalue weighted by molar-refractivity contribution is 0.773. The van der Waals surface area contributed by atoms with E-state index in [0.29, 0.717) is 5.84 Å². The van der Waals surface area contributed by atoms with Crippen molar-refractivity contribution in [2.45, 2.75) is 32.7 Å². The summed E-state index contributed by atoms with van der Waals surface area (Å²) >= 11 is 0. The van der Waals surface area contributed by atoms with E-state index in [0.717, 1.165) is 18.5 Å². The Balaban J connectivity index is 2.67. The van der Waals surface area contributed by atoms with Crippen LogP contribution in [0.5, 0.6) is 0 Å². The summed E-state index contributed by atoms with van der Waals surface area (Å²) in [6, 6.07) is 5.88. The van der Waals surface area contributed by atoms with Gasteiger partial charge < -0.3 is 5.73 Å². The fourth-order valence-corrected chi connectivity index (χ4v) is 1.26. The molecule has 3 heteroatoms. The molecule has 1 rings (SSSR count). The average Bonchev–Trinajstić information content (AvgIpc) is 2.19. The summed E-state index contributed by atoms with van der Waals surface area (Å²) in [6.07, 6.45) is 3.67. The first-order valence-corrected chi connectivity index (χ1v) is 4.97. The summed E-state index contributed by atoms with van der Waals surface area (Å²) in [5, 5.41) is 0. The Morgan fingerprint density at radius 3 is 2.93 bits per heavy atom. The number of rotatable bonds is 4. The Morgan fingerprint density at radius 1 is 1.57 bits per heavy atom. The molecule has 0 aliphatic carbocycles. The molecule has 0 fully saturated rings. The molecule has 2 N–H and O–H groups in total. The minimum Gasteiger partial charge on any atom is -0.387 e. The molecular weight excluding hydrogens is 174 g/mol. The number of aromatic nitrogens is 1. The van der Waals surface area contributed by atoms with Gasteiger partial charge in [-0.05, 0) is 25.5 Å². The number of hydrogen-bond donors (Lipinski definition) is 1. The summed E-state index contributed by atoms with van der Waals surface area (Å²) in [6.45, 7) is 4.10. The van der Waals surface area contributed by atoms with E-state index in [-0.39, 0.29) is 6.04 Å². The third-order valence-corrected chi connectivity index (χ3v) is 1.98. The van der Waals surface area contributed by atoms with E-state index in [1.165, 1.54) is 0 Å². The van der Waals surface area contributed by atoms with Crippen LogP contribution >= 0.6 is 0 Å². The van der Waals surface area contributed by atoms with Crippen LogP contribution in [0.2, 0.25) is 0 Å². The van der Waals surface area contributed by atoms with Crippen molar-refractivity contribution in [1.29, 1.82) is 0 Å². The van der Waals surface area contributed by atoms with Crippen LogP contribution in [0.3, 0.4) is 0 Å². The van der Waals surface area contributed by atoms with Crippen LogP contribution in [-0.2, 0) is 0 Å². The largest absolute Gasteiger partial charge is 0.387 e. The summed E-state index contributed by atoms with van der Waals surface area (Å²) in [4.78, 5) is 8.60. The van der Waals surface area contributed by atoms with E-state index < -0.39 is 0 Å². The third-order valence-electron chi connectivity index (χ3n) is 1.98. The van der Waals surface area contributed by atoms with Crippen LogP contribution in [-0.4, -0.2) is 10.8 Å². The van der Waals surface area contributed by atoms with E-state index in [1.54, 1.807) is 6.20 Å². The maximum absolute atomic E-state index is 5.74. The molecule has 0 saturated heterocycles. The number of aliphatic imine (C=N–C) groups is 1. The Kier molecular flexibility index (Phi) is 4.11. The minimum absolute atomic E-state index is 0.0581. The minimum atomic E-state index is 0.0581. The van der Waals surface area contributed by atoms with Crippen molar-refractivity contribution in [3.63, 3.8) is 0 Å². The van der Waals surface area contributed by atoms with Gasteiger partial charge in [0.2, 0.25) is 0 Å². The molecule has 0 aliphatic heterocycles. The zero-order valence-electron chi connectivity index (χ0n) is 8.77. The fraction of sp³-hybridized carbons (Fsp3) is 0.455. The standard InChI is InChI=1S/C11H17N3/c1-3-6-11(12)14-9(2)10-7-4-5-8-13-10/h4-5,7-9H,3,6H2,1-2H3,(H2,12,14). The first-order valence-electron chi connectivity index (χ1n) is 4.97. The molecule has 3 nitrogen and oxygen atoms in total. The molecule has 0 aromatic carbocycles. The molecule has 0 aliphatic rings. The number of amidine groups is 1. The van der Waals surface area contributed by atoms with E-state index in [1.807, 2.05) is 25.1 Å². The van der Waals surface area contributed by atoms with Gasteiger partial charge in [-0.25, -0.2) is 0 Å². The molecule has 1 unspecified atom stereocenters. The predicted octanol–water partition coefficient (Wildman–Crippen LogP) is 2.30. The van der Waals surface area contributed by atoms with E-state index in [9.17, 15) is 0 Å². The van der Waals surface area contributed by atoms with Crippen molar-refractivity contribution in [3.05, 3.63) is 30.1 Å². The second-order valence-corrected chi connectivity index (χ2v) is 3.30.